The van der Waals surface area contributed by atoms with Crippen LogP contribution in [0.25, 0.3) is 0 Å². The van der Waals surface area contributed by atoms with E-state index in [1.807, 2.05) is 0 Å². The first-order valence-electron chi connectivity index (χ1n) is 6.25. The van der Waals surface area contributed by atoms with E-state index in [0.717, 1.165) is 19.3 Å². The molecule has 5 heteroatoms. The average molecular weight is 264 g/mol. The van der Waals surface area contributed by atoms with E-state index in [4.69, 9.17) is 20.1 Å². The lowest BCUT2D eigenvalue weighted by Crippen LogP contribution is -1.95. The summed E-state index contributed by atoms with van der Waals surface area (Å²) < 4.78 is 5.31. The van der Waals surface area contributed by atoms with Crippen molar-refractivity contribution in [2.75, 3.05) is 26.4 Å². The van der Waals surface area contributed by atoms with Crippen molar-refractivity contribution in [3.8, 4) is 0 Å². The molecule has 0 amide bonds. The normalized spacial score (nSPS) is 8.44. The average Bonchev–Trinajstić information content (AvgIpc) is 2.39. The van der Waals surface area contributed by atoms with Crippen LogP contribution in [-0.4, -0.2) is 47.7 Å². The molecule has 0 saturated carbocycles. The summed E-state index contributed by atoms with van der Waals surface area (Å²) in [6, 6.07) is 0. The predicted molar refractivity (Wildman–Crippen MR) is 72.6 cm³/mol. The largest absolute Gasteiger partial charge is 0.478 e. The predicted octanol–water partition coefficient (Wildman–Crippen LogP) is 1.83. The molecule has 0 aliphatic rings. The van der Waals surface area contributed by atoms with Gasteiger partial charge in [-0.15, -0.1) is 0 Å². The molecule has 3 N–H and O–H groups in total. The molecular formula is C13H28O5. The van der Waals surface area contributed by atoms with Crippen LogP contribution in [-0.2, 0) is 9.53 Å². The lowest BCUT2D eigenvalue weighted by molar-refractivity contribution is -0.131. The number of carbonyl (C=O) groups is 1. The van der Waals surface area contributed by atoms with Crippen LogP contribution in [0.5, 0.6) is 0 Å². The Balaban J connectivity index is -0.000000212. The molecule has 0 aromatic heterocycles. The smallest absolute Gasteiger partial charge is 0.327 e. The minimum atomic E-state index is -0.981. The molecule has 0 heterocycles. The van der Waals surface area contributed by atoms with E-state index in [-0.39, 0.29) is 13.2 Å². The van der Waals surface area contributed by atoms with Gasteiger partial charge in [0.25, 0.3) is 0 Å². The van der Waals surface area contributed by atoms with Gasteiger partial charge >= 0.3 is 5.97 Å². The van der Waals surface area contributed by atoms with Gasteiger partial charge < -0.3 is 20.1 Å². The molecule has 0 aliphatic heterocycles. The Morgan fingerprint density at radius 2 is 1.44 bits per heavy atom. The van der Waals surface area contributed by atoms with Crippen LogP contribution in [0.1, 0.15) is 39.5 Å². The second-order valence-electron chi connectivity index (χ2n) is 3.31. The van der Waals surface area contributed by atoms with E-state index in [1.54, 1.807) is 0 Å². The maximum atomic E-state index is 9.25. The summed E-state index contributed by atoms with van der Waals surface area (Å²) in [7, 11) is 0. The Morgan fingerprint density at radius 3 is 1.61 bits per heavy atom. The van der Waals surface area contributed by atoms with Gasteiger partial charge in [-0.1, -0.05) is 33.3 Å². The lowest BCUT2D eigenvalue weighted by Gasteiger charge is -1.99. The fraction of sp³-hybridized carbons (Fsp3) is 0.769. The fourth-order valence-corrected chi connectivity index (χ4v) is 0.595. The van der Waals surface area contributed by atoms with Crippen molar-refractivity contribution in [1.82, 2.24) is 0 Å². The number of hydrogen-bond acceptors (Lipinski definition) is 4. The summed E-state index contributed by atoms with van der Waals surface area (Å²) >= 11 is 0. The third kappa shape index (κ3) is 45.8. The molecule has 0 spiro atoms. The zero-order chi connectivity index (χ0) is 14.6. The van der Waals surface area contributed by atoms with Crippen LogP contribution in [0, 0.1) is 0 Å². The van der Waals surface area contributed by atoms with Crippen LogP contribution in [0.3, 0.4) is 0 Å². The maximum absolute atomic E-state index is 9.25. The molecule has 0 aromatic carbocycles. The van der Waals surface area contributed by atoms with Crippen molar-refractivity contribution < 1.29 is 24.9 Å². The van der Waals surface area contributed by atoms with Crippen molar-refractivity contribution in [2.24, 2.45) is 0 Å². The summed E-state index contributed by atoms with van der Waals surface area (Å²) in [6.07, 6.45) is 5.74. The molecule has 5 nitrogen and oxygen atoms in total. The Bertz CT molecular complexity index is 151. The monoisotopic (exact) mass is 264 g/mol. The fourth-order valence-electron chi connectivity index (χ4n) is 0.595. The number of aliphatic hydroxyl groups is 2. The van der Waals surface area contributed by atoms with Crippen LogP contribution in [0.2, 0.25) is 0 Å². The zero-order valence-corrected chi connectivity index (χ0v) is 11.6. The van der Waals surface area contributed by atoms with Gasteiger partial charge in [0.2, 0.25) is 0 Å². The van der Waals surface area contributed by atoms with Crippen molar-refractivity contribution in [2.45, 2.75) is 39.5 Å². The molecule has 0 aliphatic carbocycles. The van der Waals surface area contributed by atoms with E-state index in [9.17, 15) is 4.79 Å². The van der Waals surface area contributed by atoms with Gasteiger partial charge in [-0.05, 0) is 12.8 Å². The molecular weight excluding hydrogens is 236 g/mol. The Morgan fingerprint density at radius 1 is 1.11 bits per heavy atom. The molecule has 18 heavy (non-hydrogen) atoms. The van der Waals surface area contributed by atoms with Crippen molar-refractivity contribution in [1.29, 1.82) is 0 Å². The molecule has 110 valence electrons. The van der Waals surface area contributed by atoms with Crippen LogP contribution in [0.15, 0.2) is 12.7 Å². The van der Waals surface area contributed by atoms with Gasteiger partial charge in [0.05, 0.1) is 13.2 Å². The standard InChI is InChI=1S/C8H18O.C3H4O2.C2H6O2/c1-3-5-7-9-8-6-4-2;1-2-3(4)5;3-1-2-4/h3-8H2,1-2H3;2H,1H2,(H,4,5);3-4H,1-2H2. The summed E-state index contributed by atoms with van der Waals surface area (Å²) in [4.78, 5) is 9.25. The summed E-state index contributed by atoms with van der Waals surface area (Å²) in [5.41, 5.74) is 0. The van der Waals surface area contributed by atoms with Gasteiger partial charge in [-0.3, -0.25) is 0 Å². The van der Waals surface area contributed by atoms with Gasteiger partial charge in [-0.2, -0.15) is 0 Å². The first-order chi connectivity index (χ1) is 8.60. The number of rotatable bonds is 8. The number of carboxylic acid groups (broad SMARTS) is 1. The highest BCUT2D eigenvalue weighted by atomic mass is 16.5. The molecule has 0 atom stereocenters. The van der Waals surface area contributed by atoms with Crippen LogP contribution >= 0.6 is 0 Å². The molecule has 0 saturated heterocycles. The van der Waals surface area contributed by atoms with Gasteiger partial charge in [-0.25, -0.2) is 4.79 Å². The zero-order valence-electron chi connectivity index (χ0n) is 11.6. The van der Waals surface area contributed by atoms with E-state index in [0.29, 0.717) is 0 Å². The Hall–Kier alpha value is -0.910. The summed E-state index contributed by atoms with van der Waals surface area (Å²) in [6.45, 7) is 8.99. The molecule has 0 bridgehead atoms. The van der Waals surface area contributed by atoms with Gasteiger partial charge in [0.1, 0.15) is 0 Å². The van der Waals surface area contributed by atoms with Gasteiger partial charge in [0.15, 0.2) is 0 Å². The highest BCUT2D eigenvalue weighted by Crippen LogP contribution is 1.91. The van der Waals surface area contributed by atoms with E-state index in [2.05, 4.69) is 20.4 Å². The van der Waals surface area contributed by atoms with Crippen LogP contribution in [0.4, 0.5) is 0 Å². The molecule has 0 rings (SSSR count). The minimum Gasteiger partial charge on any atom is -0.478 e. The van der Waals surface area contributed by atoms with Gasteiger partial charge in [0, 0.05) is 19.3 Å². The second-order valence-corrected chi connectivity index (χ2v) is 3.31. The van der Waals surface area contributed by atoms with E-state index >= 15 is 0 Å². The topological polar surface area (TPSA) is 87.0 Å². The quantitative estimate of drug-likeness (QED) is 0.460. The molecule has 0 fully saturated rings. The Labute approximate surface area is 110 Å². The van der Waals surface area contributed by atoms with Crippen molar-refractivity contribution in [3.63, 3.8) is 0 Å². The van der Waals surface area contributed by atoms with Crippen LogP contribution < -0.4 is 0 Å². The molecule has 0 aromatic rings. The number of unbranched alkanes of at least 4 members (excludes halogenated alkanes) is 2. The maximum Gasteiger partial charge on any atom is 0.327 e. The van der Waals surface area contributed by atoms with E-state index < -0.39 is 5.97 Å². The minimum absolute atomic E-state index is 0.125. The number of aliphatic carboxylic acids is 1. The third-order valence-electron chi connectivity index (χ3n) is 1.56. The van der Waals surface area contributed by atoms with Crippen molar-refractivity contribution >= 4 is 5.97 Å². The number of ether oxygens (including phenoxy) is 1. The second kappa shape index (κ2) is 25.1. The SMILES string of the molecule is C=CC(=O)O.CCCCOCCCC.OCCO. The van der Waals surface area contributed by atoms with E-state index in [1.165, 1.54) is 25.7 Å². The highest BCUT2D eigenvalue weighted by Gasteiger charge is 1.84. The van der Waals surface area contributed by atoms with Crippen molar-refractivity contribution in [3.05, 3.63) is 12.7 Å². The first kappa shape index (κ1) is 22.3. The number of aliphatic hydroxyl groups excluding tert-OH is 2. The summed E-state index contributed by atoms with van der Waals surface area (Å²) in [5, 5.41) is 22.9. The number of carboxylic acids is 1. The molecule has 0 radical (unpaired) electrons. The lowest BCUT2D eigenvalue weighted by atomic mass is 10.3. The third-order valence-corrected chi connectivity index (χ3v) is 1.56. The number of hydrogen-bond donors (Lipinski definition) is 3. The summed E-state index contributed by atoms with van der Waals surface area (Å²) in [5.74, 6) is -0.981. The molecule has 0 unspecified atom stereocenters. The first-order valence-corrected chi connectivity index (χ1v) is 6.25. The Kier molecular flexibility index (Phi) is 31.0. The highest BCUT2D eigenvalue weighted by molar-refractivity contribution is 5.78.